The highest BCUT2D eigenvalue weighted by molar-refractivity contribution is 7.92. The smallest absolute Gasteiger partial charge is 0.232 e. The number of ether oxygens (including phenoxy) is 4. The Morgan fingerprint density at radius 2 is 1.72 bits per heavy atom. The Morgan fingerprint density at radius 3 is 2.40 bits per heavy atom. The molecule has 0 spiro atoms. The topological polar surface area (TPSA) is 131 Å². The van der Waals surface area contributed by atoms with E-state index in [2.05, 4.69) is 51.5 Å². The van der Waals surface area contributed by atoms with E-state index in [4.69, 9.17) is 23.9 Å². The van der Waals surface area contributed by atoms with E-state index in [1.807, 2.05) is 0 Å². The van der Waals surface area contributed by atoms with E-state index < -0.39 is 10.0 Å². The molecule has 0 amide bonds. The average molecular weight is 614 g/mol. The van der Waals surface area contributed by atoms with Crippen molar-refractivity contribution in [2.75, 3.05) is 93.8 Å². The minimum atomic E-state index is -3.64. The highest BCUT2D eigenvalue weighted by Crippen LogP contribution is 2.46. The Bertz CT molecular complexity index is 1580. The van der Waals surface area contributed by atoms with E-state index in [-0.39, 0.29) is 0 Å². The second-order valence-electron chi connectivity index (χ2n) is 10.4. The van der Waals surface area contributed by atoms with Crippen molar-refractivity contribution in [3.63, 3.8) is 0 Å². The second-order valence-corrected chi connectivity index (χ2v) is 12.4. The number of aryl methyl sites for hydroxylation is 1. The van der Waals surface area contributed by atoms with Crippen LogP contribution in [0.3, 0.4) is 0 Å². The molecule has 2 aliphatic heterocycles. The first-order valence-corrected chi connectivity index (χ1v) is 15.9. The fraction of sp³-hybridized carbons (Fsp3) is 0.448. The number of hydrogen-bond donors (Lipinski definition) is 2. The Hall–Kier alpha value is -4.17. The lowest BCUT2D eigenvalue weighted by Crippen LogP contribution is -2.44. The number of anilines is 6. The van der Waals surface area contributed by atoms with Gasteiger partial charge in [-0.05, 0) is 37.2 Å². The van der Waals surface area contributed by atoms with E-state index >= 15 is 0 Å². The van der Waals surface area contributed by atoms with Crippen LogP contribution in [0.4, 0.5) is 34.5 Å². The summed E-state index contributed by atoms with van der Waals surface area (Å²) in [5, 5.41) is 6.53. The van der Waals surface area contributed by atoms with Gasteiger partial charge in [-0.1, -0.05) is 6.92 Å². The SMILES string of the molecule is CCc1cc(Nc2ncc(OC)c(Nc3ccc4c(c3N(C)S(C)(=O)=O)OCCO4)n2)c(OC)cc1N1CCN(C)CC1. The van der Waals surface area contributed by atoms with Crippen LogP contribution in [-0.2, 0) is 16.4 Å². The molecule has 2 aromatic carbocycles. The Morgan fingerprint density at radius 1 is 1.00 bits per heavy atom. The molecule has 5 rings (SSSR count). The molecular weight excluding hydrogens is 574 g/mol. The summed E-state index contributed by atoms with van der Waals surface area (Å²) in [6.45, 7) is 6.71. The molecule has 1 aromatic heterocycles. The van der Waals surface area contributed by atoms with Gasteiger partial charge in [0.25, 0.3) is 0 Å². The van der Waals surface area contributed by atoms with E-state index in [1.54, 1.807) is 25.4 Å². The van der Waals surface area contributed by atoms with Crippen LogP contribution in [0.2, 0.25) is 0 Å². The first-order chi connectivity index (χ1) is 20.6. The van der Waals surface area contributed by atoms with E-state index in [0.717, 1.165) is 54.5 Å². The summed E-state index contributed by atoms with van der Waals surface area (Å²) in [6, 6.07) is 7.58. The highest BCUT2D eigenvalue weighted by Gasteiger charge is 2.27. The van der Waals surface area contributed by atoms with Crippen LogP contribution in [0.25, 0.3) is 0 Å². The molecule has 13 nitrogen and oxygen atoms in total. The number of rotatable bonds is 10. The Labute approximate surface area is 252 Å². The van der Waals surface area contributed by atoms with Crippen molar-refractivity contribution in [3.05, 3.63) is 36.0 Å². The van der Waals surface area contributed by atoms with Gasteiger partial charge in [0.2, 0.25) is 16.0 Å². The molecule has 3 aromatic rings. The number of likely N-dealkylation sites (N-methyl/N-ethyl adjacent to an activating group) is 1. The zero-order chi connectivity index (χ0) is 30.7. The quantitative estimate of drug-likeness (QED) is 0.347. The van der Waals surface area contributed by atoms with E-state index in [1.165, 1.54) is 19.7 Å². The lowest BCUT2D eigenvalue weighted by Gasteiger charge is -2.35. The van der Waals surface area contributed by atoms with Crippen molar-refractivity contribution in [1.29, 1.82) is 0 Å². The zero-order valence-corrected chi connectivity index (χ0v) is 26.2. The number of aromatic nitrogens is 2. The van der Waals surface area contributed by atoms with Gasteiger partial charge in [0.1, 0.15) is 24.7 Å². The largest absolute Gasteiger partial charge is 0.494 e. The minimum absolute atomic E-state index is 0.293. The van der Waals surface area contributed by atoms with Crippen LogP contribution in [0, 0.1) is 0 Å². The number of hydrogen-bond acceptors (Lipinski definition) is 12. The second kappa shape index (κ2) is 12.6. The van der Waals surface area contributed by atoms with Crippen LogP contribution < -0.4 is 38.8 Å². The zero-order valence-electron chi connectivity index (χ0n) is 25.4. The number of nitrogens with one attached hydrogen (secondary N) is 2. The molecule has 0 bridgehead atoms. The van der Waals surface area contributed by atoms with E-state index in [0.29, 0.717) is 59.4 Å². The van der Waals surface area contributed by atoms with Gasteiger partial charge in [-0.15, -0.1) is 0 Å². The van der Waals surface area contributed by atoms with Gasteiger partial charge in [-0.3, -0.25) is 4.31 Å². The van der Waals surface area contributed by atoms with E-state index in [9.17, 15) is 8.42 Å². The van der Waals surface area contributed by atoms with Gasteiger partial charge in [-0.2, -0.15) is 4.98 Å². The highest BCUT2D eigenvalue weighted by atomic mass is 32.2. The number of benzene rings is 2. The fourth-order valence-corrected chi connectivity index (χ4v) is 5.62. The number of piperazine rings is 1. The van der Waals surface area contributed by atoms with Crippen LogP contribution in [0.1, 0.15) is 12.5 Å². The lowest BCUT2D eigenvalue weighted by atomic mass is 10.1. The predicted molar refractivity (Wildman–Crippen MR) is 168 cm³/mol. The monoisotopic (exact) mass is 613 g/mol. The van der Waals surface area contributed by atoms with Crippen LogP contribution in [-0.4, -0.2) is 97.2 Å². The van der Waals surface area contributed by atoms with Crippen molar-refractivity contribution in [2.45, 2.75) is 13.3 Å². The van der Waals surface area contributed by atoms with Gasteiger partial charge in [-0.25, -0.2) is 13.4 Å². The standard InChI is InChI=1S/C29H39N7O6S/c1-7-19-16-21(24(39-4)17-22(19)36-12-10-34(2)11-13-36)32-29-30-18-25(40-5)28(33-29)31-20-8-9-23-27(42-15-14-41-23)26(20)35(3)43(6,37)38/h8-9,16-18H,7,10-15H2,1-6H3,(H2,30,31,32,33). The maximum absolute atomic E-state index is 12.6. The molecule has 43 heavy (non-hydrogen) atoms. The number of fused-ring (bicyclic) bond motifs is 1. The normalized spacial score (nSPS) is 15.2. The van der Waals surface area contributed by atoms with Crippen molar-refractivity contribution in [3.8, 4) is 23.0 Å². The molecule has 1 saturated heterocycles. The molecule has 14 heteroatoms. The molecule has 232 valence electrons. The van der Waals surface area contributed by atoms with Crippen LogP contribution in [0.5, 0.6) is 23.0 Å². The van der Waals surface area contributed by atoms with Crippen molar-refractivity contribution < 1.29 is 27.4 Å². The number of sulfonamides is 1. The summed E-state index contributed by atoms with van der Waals surface area (Å²) in [7, 11) is 3.12. The van der Waals surface area contributed by atoms with Crippen LogP contribution >= 0.6 is 0 Å². The lowest BCUT2D eigenvalue weighted by molar-refractivity contribution is 0.172. The van der Waals surface area contributed by atoms with Gasteiger partial charge in [0.15, 0.2) is 23.1 Å². The van der Waals surface area contributed by atoms with Crippen molar-refractivity contribution in [2.24, 2.45) is 0 Å². The summed E-state index contributed by atoms with van der Waals surface area (Å²) in [5.41, 5.74) is 3.80. The Balaban J connectivity index is 1.49. The average Bonchev–Trinajstić information content (AvgIpc) is 3.00. The van der Waals surface area contributed by atoms with Crippen LogP contribution in [0.15, 0.2) is 30.5 Å². The number of nitrogens with zero attached hydrogens (tertiary/aromatic N) is 5. The summed E-state index contributed by atoms with van der Waals surface area (Å²) >= 11 is 0. The van der Waals surface area contributed by atoms with Gasteiger partial charge in [0, 0.05) is 45.0 Å². The molecule has 0 atom stereocenters. The first-order valence-electron chi connectivity index (χ1n) is 14.1. The molecule has 2 aliphatic rings. The van der Waals surface area contributed by atoms with Gasteiger partial charge >= 0.3 is 0 Å². The predicted octanol–water partition coefficient (Wildman–Crippen LogP) is 3.46. The molecule has 1 fully saturated rings. The summed E-state index contributed by atoms with van der Waals surface area (Å²) in [6.07, 6.45) is 3.51. The first kappa shape index (κ1) is 30.3. The molecule has 0 saturated carbocycles. The number of methoxy groups -OCH3 is 2. The third-order valence-electron chi connectivity index (χ3n) is 7.60. The summed E-state index contributed by atoms with van der Waals surface area (Å²) < 4.78 is 49.2. The summed E-state index contributed by atoms with van der Waals surface area (Å²) in [4.78, 5) is 13.9. The fourth-order valence-electron chi connectivity index (χ4n) is 5.10. The molecule has 3 heterocycles. The Kier molecular flexibility index (Phi) is 8.87. The minimum Gasteiger partial charge on any atom is -0.494 e. The molecule has 2 N–H and O–H groups in total. The van der Waals surface area contributed by atoms with Crippen molar-refractivity contribution in [1.82, 2.24) is 14.9 Å². The van der Waals surface area contributed by atoms with Gasteiger partial charge < -0.3 is 39.4 Å². The maximum atomic E-state index is 12.6. The molecule has 0 aliphatic carbocycles. The maximum Gasteiger partial charge on any atom is 0.232 e. The molecular formula is C29H39N7O6S. The third-order valence-corrected chi connectivity index (χ3v) is 8.77. The van der Waals surface area contributed by atoms with Crippen molar-refractivity contribution >= 4 is 44.5 Å². The summed E-state index contributed by atoms with van der Waals surface area (Å²) in [5.74, 6) is 2.44. The van der Waals surface area contributed by atoms with Gasteiger partial charge in [0.05, 0.1) is 38.0 Å². The molecule has 0 unspecified atom stereocenters. The third kappa shape index (κ3) is 6.44. The molecule has 0 radical (unpaired) electrons.